The second-order valence-electron chi connectivity index (χ2n) is 6.60. The van der Waals surface area contributed by atoms with E-state index >= 15 is 0 Å². The molecule has 1 heterocycles. The van der Waals surface area contributed by atoms with Gasteiger partial charge in [0, 0.05) is 23.6 Å². The normalized spacial score (nSPS) is 12.0. The summed E-state index contributed by atoms with van der Waals surface area (Å²) in [5.41, 5.74) is 3.80. The number of para-hydroxylation sites is 1. The van der Waals surface area contributed by atoms with Gasteiger partial charge in [-0.05, 0) is 50.1 Å². The minimum absolute atomic E-state index is 0.0833. The van der Waals surface area contributed by atoms with Gasteiger partial charge in [-0.25, -0.2) is 0 Å². The summed E-state index contributed by atoms with van der Waals surface area (Å²) in [5, 5.41) is 4.09. The summed E-state index contributed by atoms with van der Waals surface area (Å²) in [6.45, 7) is 6.87. The van der Waals surface area contributed by atoms with Crippen molar-refractivity contribution in [1.29, 1.82) is 0 Å². The Morgan fingerprint density at radius 3 is 2.48 bits per heavy atom. The van der Waals surface area contributed by atoms with Gasteiger partial charge in [0.2, 0.25) is 0 Å². The molecule has 1 N–H and O–H groups in total. The van der Waals surface area contributed by atoms with Gasteiger partial charge in [-0.1, -0.05) is 18.2 Å². The van der Waals surface area contributed by atoms with E-state index in [-0.39, 0.29) is 11.9 Å². The van der Waals surface area contributed by atoms with E-state index in [0.717, 1.165) is 28.6 Å². The Balaban J connectivity index is 1.91. The van der Waals surface area contributed by atoms with E-state index in [2.05, 4.69) is 16.8 Å². The Morgan fingerprint density at radius 1 is 1.15 bits per heavy atom. The summed E-state index contributed by atoms with van der Waals surface area (Å²) in [6, 6.07) is 11.7. The van der Waals surface area contributed by atoms with Crippen molar-refractivity contribution in [2.45, 2.75) is 33.4 Å². The number of carbonyl (C=O) groups is 1. The van der Waals surface area contributed by atoms with Crippen molar-refractivity contribution >= 4 is 16.8 Å². The lowest BCUT2D eigenvalue weighted by Gasteiger charge is -2.19. The molecule has 1 unspecified atom stereocenters. The van der Waals surface area contributed by atoms with Crippen molar-refractivity contribution in [3.63, 3.8) is 0 Å². The Kier molecular flexibility index (Phi) is 5.40. The molecule has 142 valence electrons. The van der Waals surface area contributed by atoms with Gasteiger partial charge in [0.25, 0.3) is 5.91 Å². The highest BCUT2D eigenvalue weighted by atomic mass is 16.5. The van der Waals surface area contributed by atoms with E-state index in [1.54, 1.807) is 14.2 Å². The first-order chi connectivity index (χ1) is 13.0. The van der Waals surface area contributed by atoms with Crippen LogP contribution in [0.4, 0.5) is 0 Å². The van der Waals surface area contributed by atoms with E-state index in [4.69, 9.17) is 9.47 Å². The van der Waals surface area contributed by atoms with Gasteiger partial charge >= 0.3 is 0 Å². The molecule has 27 heavy (non-hydrogen) atoms. The topological polar surface area (TPSA) is 52.5 Å². The van der Waals surface area contributed by atoms with Gasteiger partial charge in [0.15, 0.2) is 11.5 Å². The number of fused-ring (bicyclic) bond motifs is 1. The molecular formula is C22H26N2O3. The first-order valence-corrected chi connectivity index (χ1v) is 9.11. The predicted octanol–water partition coefficient (Wildman–Crippen LogP) is 4.48. The van der Waals surface area contributed by atoms with Gasteiger partial charge in [0.05, 0.1) is 25.8 Å². The number of hydrogen-bond acceptors (Lipinski definition) is 3. The van der Waals surface area contributed by atoms with Crippen LogP contribution in [0.5, 0.6) is 11.5 Å². The van der Waals surface area contributed by atoms with Crippen LogP contribution < -0.4 is 14.8 Å². The molecule has 2 aromatic carbocycles. The first kappa shape index (κ1) is 18.8. The average molecular weight is 366 g/mol. The van der Waals surface area contributed by atoms with Crippen LogP contribution in [0.2, 0.25) is 0 Å². The highest BCUT2D eigenvalue weighted by Gasteiger charge is 2.19. The number of benzene rings is 2. The lowest BCUT2D eigenvalue weighted by atomic mass is 10.0. The lowest BCUT2D eigenvalue weighted by molar-refractivity contribution is 0.0941. The highest BCUT2D eigenvalue weighted by Crippen LogP contribution is 2.33. The van der Waals surface area contributed by atoms with E-state index < -0.39 is 0 Å². The fourth-order valence-corrected chi connectivity index (χ4v) is 3.50. The molecule has 5 heteroatoms. The number of aromatic nitrogens is 1. The highest BCUT2D eigenvalue weighted by molar-refractivity contribution is 6.07. The number of nitrogens with zero attached hydrogens (tertiary/aromatic N) is 1. The zero-order valence-corrected chi connectivity index (χ0v) is 16.5. The number of amides is 1. The Bertz CT molecular complexity index is 975. The molecule has 0 fully saturated rings. The quantitative estimate of drug-likeness (QED) is 0.700. The third-order valence-electron chi connectivity index (χ3n) is 4.96. The zero-order valence-electron chi connectivity index (χ0n) is 16.5. The fourth-order valence-electron chi connectivity index (χ4n) is 3.50. The van der Waals surface area contributed by atoms with Crippen LogP contribution in [0, 0.1) is 6.92 Å². The van der Waals surface area contributed by atoms with Crippen molar-refractivity contribution in [2.24, 2.45) is 0 Å². The molecule has 0 aliphatic rings. The maximum absolute atomic E-state index is 13.0. The van der Waals surface area contributed by atoms with E-state index in [0.29, 0.717) is 17.1 Å². The first-order valence-electron chi connectivity index (χ1n) is 9.11. The molecule has 3 aromatic rings. The van der Waals surface area contributed by atoms with Crippen molar-refractivity contribution < 1.29 is 14.3 Å². The largest absolute Gasteiger partial charge is 0.493 e. The Morgan fingerprint density at radius 2 is 1.81 bits per heavy atom. The minimum Gasteiger partial charge on any atom is -0.493 e. The smallest absolute Gasteiger partial charge is 0.253 e. The SMILES string of the molecule is CCn1cc(C(=O)NC(C)c2cc(OC)c(OC)cc2C)c2ccccc21. The van der Waals surface area contributed by atoms with Crippen LogP contribution in [0.3, 0.4) is 0 Å². The molecule has 0 spiro atoms. The predicted molar refractivity (Wildman–Crippen MR) is 108 cm³/mol. The van der Waals surface area contributed by atoms with Crippen molar-refractivity contribution in [3.8, 4) is 11.5 Å². The summed E-state index contributed by atoms with van der Waals surface area (Å²) in [7, 11) is 3.23. The molecule has 0 saturated heterocycles. The number of methoxy groups -OCH3 is 2. The average Bonchev–Trinajstić information content (AvgIpc) is 3.06. The van der Waals surface area contributed by atoms with Crippen molar-refractivity contribution in [1.82, 2.24) is 9.88 Å². The van der Waals surface area contributed by atoms with Crippen LogP contribution in [0.1, 0.15) is 41.4 Å². The summed E-state index contributed by atoms with van der Waals surface area (Å²) in [5.74, 6) is 1.25. The molecule has 0 saturated carbocycles. The molecule has 0 bridgehead atoms. The lowest BCUT2D eigenvalue weighted by Crippen LogP contribution is -2.27. The summed E-state index contributed by atoms with van der Waals surface area (Å²) < 4.78 is 12.9. The van der Waals surface area contributed by atoms with Crippen LogP contribution in [0.15, 0.2) is 42.6 Å². The molecule has 0 radical (unpaired) electrons. The third-order valence-corrected chi connectivity index (χ3v) is 4.96. The Hall–Kier alpha value is -2.95. The molecule has 3 rings (SSSR count). The number of nitrogens with one attached hydrogen (secondary N) is 1. The molecule has 5 nitrogen and oxygen atoms in total. The van der Waals surface area contributed by atoms with Gasteiger partial charge < -0.3 is 19.4 Å². The number of hydrogen-bond donors (Lipinski definition) is 1. The van der Waals surface area contributed by atoms with Gasteiger partial charge in [-0.2, -0.15) is 0 Å². The maximum Gasteiger partial charge on any atom is 0.253 e. The standard InChI is InChI=1S/C22H26N2O3/c1-6-24-13-18(16-9-7-8-10-19(16)24)22(25)23-15(3)17-12-21(27-5)20(26-4)11-14(17)2/h7-13,15H,6H2,1-5H3,(H,23,25). The third kappa shape index (κ3) is 3.50. The second-order valence-corrected chi connectivity index (χ2v) is 6.60. The molecule has 1 amide bonds. The Labute approximate surface area is 159 Å². The molecule has 1 aromatic heterocycles. The van der Waals surface area contributed by atoms with E-state index in [9.17, 15) is 4.79 Å². The van der Waals surface area contributed by atoms with E-state index in [1.165, 1.54) is 0 Å². The molecule has 1 atom stereocenters. The summed E-state index contributed by atoms with van der Waals surface area (Å²) in [6.07, 6.45) is 1.92. The maximum atomic E-state index is 13.0. The van der Waals surface area contributed by atoms with Crippen molar-refractivity contribution in [2.75, 3.05) is 14.2 Å². The summed E-state index contributed by atoms with van der Waals surface area (Å²) >= 11 is 0. The van der Waals surface area contributed by atoms with Crippen molar-refractivity contribution in [3.05, 3.63) is 59.3 Å². The summed E-state index contributed by atoms with van der Waals surface area (Å²) in [4.78, 5) is 13.0. The monoisotopic (exact) mass is 366 g/mol. The minimum atomic E-state index is -0.166. The number of aryl methyl sites for hydroxylation is 2. The van der Waals surface area contributed by atoms with Crippen LogP contribution in [-0.4, -0.2) is 24.7 Å². The molecular weight excluding hydrogens is 340 g/mol. The van der Waals surface area contributed by atoms with Crippen LogP contribution in [-0.2, 0) is 6.54 Å². The van der Waals surface area contributed by atoms with Crippen LogP contribution >= 0.6 is 0 Å². The van der Waals surface area contributed by atoms with Gasteiger partial charge in [-0.3, -0.25) is 4.79 Å². The second kappa shape index (κ2) is 7.74. The fraction of sp³-hybridized carbons (Fsp3) is 0.318. The van der Waals surface area contributed by atoms with E-state index in [1.807, 2.05) is 56.4 Å². The number of rotatable bonds is 6. The van der Waals surface area contributed by atoms with Crippen LogP contribution in [0.25, 0.3) is 10.9 Å². The van der Waals surface area contributed by atoms with Gasteiger partial charge in [-0.15, -0.1) is 0 Å². The number of ether oxygens (including phenoxy) is 2. The molecule has 0 aliphatic heterocycles. The molecule has 0 aliphatic carbocycles. The van der Waals surface area contributed by atoms with Gasteiger partial charge in [0.1, 0.15) is 0 Å². The zero-order chi connectivity index (χ0) is 19.6. The number of carbonyl (C=O) groups excluding carboxylic acids is 1.